The predicted octanol–water partition coefficient (Wildman–Crippen LogP) is 2.58. The summed E-state index contributed by atoms with van der Waals surface area (Å²) in [4.78, 5) is 7.68. The van der Waals surface area contributed by atoms with Crippen LogP contribution in [0.15, 0.2) is 18.2 Å². The molecule has 0 atom stereocenters. The number of nitrogen functional groups attached to an aromatic ring is 1. The molecule has 78 valence electrons. The maximum absolute atomic E-state index is 6.01. The monoisotopic (exact) mass is 201 g/mol. The van der Waals surface area contributed by atoms with E-state index in [0.29, 0.717) is 0 Å². The Balaban J connectivity index is 2.59. The van der Waals surface area contributed by atoms with Crippen molar-refractivity contribution in [3.05, 3.63) is 35.2 Å². The topological polar surface area (TPSA) is 54.7 Å². The summed E-state index contributed by atoms with van der Waals surface area (Å²) in [5.74, 6) is 0.853. The van der Waals surface area contributed by atoms with Gasteiger partial charge in [0.1, 0.15) is 5.82 Å². The minimum atomic E-state index is 0.797. The summed E-state index contributed by atoms with van der Waals surface area (Å²) in [6, 6.07) is 5.98. The Bertz CT molecular complexity index is 478. The first-order valence-corrected chi connectivity index (χ1v) is 4.98. The fourth-order valence-corrected chi connectivity index (χ4v) is 1.56. The number of hydrogen-bond acceptors (Lipinski definition) is 2. The summed E-state index contributed by atoms with van der Waals surface area (Å²) < 4.78 is 0. The lowest BCUT2D eigenvalue weighted by Crippen LogP contribution is -1.94. The maximum Gasteiger partial charge on any atom is 0.139 e. The van der Waals surface area contributed by atoms with Gasteiger partial charge in [-0.2, -0.15) is 0 Å². The van der Waals surface area contributed by atoms with E-state index in [0.717, 1.165) is 34.0 Å². The second kappa shape index (κ2) is 3.42. The highest BCUT2D eigenvalue weighted by Crippen LogP contribution is 2.26. The third kappa shape index (κ3) is 1.61. The average Bonchev–Trinajstić information content (AvgIpc) is 2.51. The molecular weight excluding hydrogens is 186 g/mol. The number of anilines is 1. The molecule has 2 aromatic rings. The Hall–Kier alpha value is -1.77. The molecule has 0 aliphatic heterocycles. The quantitative estimate of drug-likeness (QED) is 0.697. The van der Waals surface area contributed by atoms with Gasteiger partial charge < -0.3 is 10.7 Å². The zero-order chi connectivity index (χ0) is 11.0. The molecule has 1 aromatic heterocycles. The number of aromatic amines is 1. The number of nitrogens with zero attached hydrogens (tertiary/aromatic N) is 1. The third-order valence-electron chi connectivity index (χ3n) is 2.71. The van der Waals surface area contributed by atoms with Crippen molar-refractivity contribution in [1.82, 2.24) is 9.97 Å². The summed E-state index contributed by atoms with van der Waals surface area (Å²) >= 11 is 0. The van der Waals surface area contributed by atoms with E-state index in [9.17, 15) is 0 Å². The zero-order valence-electron chi connectivity index (χ0n) is 9.26. The summed E-state index contributed by atoms with van der Waals surface area (Å²) in [5.41, 5.74) is 11.0. The van der Waals surface area contributed by atoms with Gasteiger partial charge in [-0.25, -0.2) is 4.98 Å². The van der Waals surface area contributed by atoms with Crippen molar-refractivity contribution in [2.24, 2.45) is 0 Å². The first-order valence-electron chi connectivity index (χ1n) is 4.98. The highest BCUT2D eigenvalue weighted by molar-refractivity contribution is 5.74. The summed E-state index contributed by atoms with van der Waals surface area (Å²) in [5, 5.41) is 0. The van der Waals surface area contributed by atoms with Gasteiger partial charge in [-0.05, 0) is 32.4 Å². The van der Waals surface area contributed by atoms with E-state index in [1.807, 2.05) is 39.0 Å². The van der Waals surface area contributed by atoms with E-state index in [2.05, 4.69) is 9.97 Å². The number of H-pyrrole nitrogens is 1. The van der Waals surface area contributed by atoms with Crippen LogP contribution in [0.3, 0.4) is 0 Å². The first-order chi connectivity index (χ1) is 7.09. The molecular formula is C12H15N3. The second-order valence-electron chi connectivity index (χ2n) is 3.83. The Morgan fingerprint density at radius 3 is 2.53 bits per heavy atom. The molecule has 1 aromatic carbocycles. The lowest BCUT2D eigenvalue weighted by molar-refractivity contribution is 1.22. The summed E-state index contributed by atoms with van der Waals surface area (Å²) in [6.45, 7) is 6.00. The number of rotatable bonds is 1. The number of imidazole rings is 1. The molecule has 15 heavy (non-hydrogen) atoms. The molecule has 0 aliphatic carbocycles. The van der Waals surface area contributed by atoms with Gasteiger partial charge in [0.15, 0.2) is 0 Å². The Kier molecular flexibility index (Phi) is 2.23. The van der Waals surface area contributed by atoms with Crippen molar-refractivity contribution in [3.63, 3.8) is 0 Å². The Morgan fingerprint density at radius 1 is 1.20 bits per heavy atom. The number of hydrogen-bond donors (Lipinski definition) is 2. The second-order valence-corrected chi connectivity index (χ2v) is 3.83. The SMILES string of the molecule is Cc1cccc(-c2nc(C)c(C)[nH]2)c1N. The number of aromatic nitrogens is 2. The summed E-state index contributed by atoms with van der Waals surface area (Å²) in [6.07, 6.45) is 0. The van der Waals surface area contributed by atoms with E-state index in [1.54, 1.807) is 0 Å². The molecule has 0 aliphatic rings. The van der Waals surface area contributed by atoms with E-state index >= 15 is 0 Å². The van der Waals surface area contributed by atoms with Crippen molar-refractivity contribution in [1.29, 1.82) is 0 Å². The molecule has 0 saturated heterocycles. The van der Waals surface area contributed by atoms with Gasteiger partial charge in [0, 0.05) is 16.9 Å². The molecule has 3 nitrogen and oxygen atoms in total. The highest BCUT2D eigenvalue weighted by atomic mass is 14.9. The van der Waals surface area contributed by atoms with Gasteiger partial charge in [0.05, 0.1) is 5.69 Å². The first kappa shape index (κ1) is 9.77. The molecule has 0 bridgehead atoms. The van der Waals surface area contributed by atoms with Crippen molar-refractivity contribution in [3.8, 4) is 11.4 Å². The minimum absolute atomic E-state index is 0.797. The van der Waals surface area contributed by atoms with Crippen LogP contribution in [-0.4, -0.2) is 9.97 Å². The van der Waals surface area contributed by atoms with Crippen LogP contribution in [-0.2, 0) is 0 Å². The van der Waals surface area contributed by atoms with E-state index in [4.69, 9.17) is 5.73 Å². The number of para-hydroxylation sites is 1. The summed E-state index contributed by atoms with van der Waals surface area (Å²) in [7, 11) is 0. The van der Waals surface area contributed by atoms with Crippen LogP contribution in [0.2, 0.25) is 0 Å². The van der Waals surface area contributed by atoms with Gasteiger partial charge in [-0.1, -0.05) is 12.1 Å². The standard InChI is InChI=1S/C12H15N3/c1-7-5-4-6-10(11(7)13)12-14-8(2)9(3)15-12/h4-6H,13H2,1-3H3,(H,14,15). The van der Waals surface area contributed by atoms with Gasteiger partial charge in [-0.15, -0.1) is 0 Å². The lowest BCUT2D eigenvalue weighted by Gasteiger charge is -2.04. The highest BCUT2D eigenvalue weighted by Gasteiger charge is 2.09. The lowest BCUT2D eigenvalue weighted by atomic mass is 10.1. The molecule has 0 unspecified atom stereocenters. The van der Waals surface area contributed by atoms with Crippen molar-refractivity contribution >= 4 is 5.69 Å². The van der Waals surface area contributed by atoms with Crippen LogP contribution < -0.4 is 5.73 Å². The largest absolute Gasteiger partial charge is 0.398 e. The fourth-order valence-electron chi connectivity index (χ4n) is 1.56. The van der Waals surface area contributed by atoms with Gasteiger partial charge >= 0.3 is 0 Å². The molecule has 0 fully saturated rings. The van der Waals surface area contributed by atoms with Crippen LogP contribution in [0, 0.1) is 20.8 Å². The zero-order valence-corrected chi connectivity index (χ0v) is 9.26. The van der Waals surface area contributed by atoms with Gasteiger partial charge in [-0.3, -0.25) is 0 Å². The van der Waals surface area contributed by atoms with Crippen LogP contribution in [0.4, 0.5) is 5.69 Å². The smallest absolute Gasteiger partial charge is 0.139 e. The predicted molar refractivity (Wildman–Crippen MR) is 62.6 cm³/mol. The maximum atomic E-state index is 6.01. The van der Waals surface area contributed by atoms with E-state index in [-0.39, 0.29) is 0 Å². The van der Waals surface area contributed by atoms with Gasteiger partial charge in [0.2, 0.25) is 0 Å². The molecule has 0 spiro atoms. The average molecular weight is 201 g/mol. The molecule has 3 heteroatoms. The molecule has 3 N–H and O–H groups in total. The molecule has 0 amide bonds. The molecule has 0 saturated carbocycles. The number of nitrogens with two attached hydrogens (primary N) is 1. The Labute approximate surface area is 89.4 Å². The fraction of sp³-hybridized carbons (Fsp3) is 0.250. The Morgan fingerprint density at radius 2 is 1.93 bits per heavy atom. The van der Waals surface area contributed by atoms with Crippen LogP contribution in [0.25, 0.3) is 11.4 Å². The van der Waals surface area contributed by atoms with Crippen LogP contribution in [0.1, 0.15) is 17.0 Å². The van der Waals surface area contributed by atoms with Crippen LogP contribution in [0.5, 0.6) is 0 Å². The molecule has 2 rings (SSSR count). The number of benzene rings is 1. The van der Waals surface area contributed by atoms with Crippen LogP contribution >= 0.6 is 0 Å². The number of nitrogens with one attached hydrogen (secondary N) is 1. The van der Waals surface area contributed by atoms with E-state index in [1.165, 1.54) is 0 Å². The third-order valence-corrected chi connectivity index (χ3v) is 2.71. The molecule has 1 heterocycles. The van der Waals surface area contributed by atoms with E-state index < -0.39 is 0 Å². The van der Waals surface area contributed by atoms with Crippen molar-refractivity contribution in [2.75, 3.05) is 5.73 Å². The normalized spacial score (nSPS) is 10.6. The minimum Gasteiger partial charge on any atom is -0.398 e. The van der Waals surface area contributed by atoms with Crippen molar-refractivity contribution < 1.29 is 0 Å². The molecule has 0 radical (unpaired) electrons. The van der Waals surface area contributed by atoms with Gasteiger partial charge in [0.25, 0.3) is 0 Å². The number of aryl methyl sites for hydroxylation is 3. The van der Waals surface area contributed by atoms with Crippen molar-refractivity contribution in [2.45, 2.75) is 20.8 Å².